The van der Waals surface area contributed by atoms with Gasteiger partial charge in [0.2, 0.25) is 0 Å². The Morgan fingerprint density at radius 1 is 1.21 bits per heavy atom. The Balaban J connectivity index is 1.63. The molecule has 3 rings (SSSR count). The predicted molar refractivity (Wildman–Crippen MR) is 110 cm³/mol. The number of rotatable bonds is 8. The first-order chi connectivity index (χ1) is 13.6. The molecule has 0 saturated carbocycles. The number of hydrogen-bond donors (Lipinski definition) is 1. The first-order valence-electron chi connectivity index (χ1n) is 9.52. The third-order valence-corrected chi connectivity index (χ3v) is 4.54. The van der Waals surface area contributed by atoms with E-state index < -0.39 is 0 Å². The summed E-state index contributed by atoms with van der Waals surface area (Å²) in [7, 11) is 0. The average Bonchev–Trinajstić information content (AvgIpc) is 2.70. The van der Waals surface area contributed by atoms with Crippen LogP contribution in [0.2, 0.25) is 0 Å². The average molecular weight is 379 g/mol. The van der Waals surface area contributed by atoms with Gasteiger partial charge in [0.05, 0.1) is 5.52 Å². The molecular weight excluding hydrogens is 354 g/mol. The van der Waals surface area contributed by atoms with E-state index in [4.69, 9.17) is 4.74 Å². The minimum atomic E-state index is -0.189. The molecule has 2 heterocycles. The number of nitrogens with zero attached hydrogens (tertiary/aromatic N) is 2. The van der Waals surface area contributed by atoms with Gasteiger partial charge in [0.15, 0.2) is 6.61 Å². The summed E-state index contributed by atoms with van der Waals surface area (Å²) in [6.07, 6.45) is 3.27. The van der Waals surface area contributed by atoms with E-state index in [9.17, 15) is 9.59 Å². The van der Waals surface area contributed by atoms with Crippen molar-refractivity contribution in [3.63, 3.8) is 0 Å². The fraction of sp³-hybridized carbons (Fsp3) is 0.318. The quantitative estimate of drug-likeness (QED) is 0.653. The van der Waals surface area contributed by atoms with E-state index in [1.807, 2.05) is 50.2 Å². The summed E-state index contributed by atoms with van der Waals surface area (Å²) in [5.74, 6) is 0.383. The second kappa shape index (κ2) is 9.17. The molecule has 0 spiro atoms. The lowest BCUT2D eigenvalue weighted by Gasteiger charge is -2.13. The summed E-state index contributed by atoms with van der Waals surface area (Å²) in [5, 5.41) is 3.84. The van der Waals surface area contributed by atoms with Crippen molar-refractivity contribution in [3.05, 3.63) is 70.3 Å². The summed E-state index contributed by atoms with van der Waals surface area (Å²) >= 11 is 0. The molecule has 146 valence electrons. The number of fused-ring (bicyclic) bond motifs is 1. The Kier molecular flexibility index (Phi) is 6.42. The minimum Gasteiger partial charge on any atom is -0.484 e. The van der Waals surface area contributed by atoms with Crippen LogP contribution in [0.3, 0.4) is 0 Å². The maximum atomic E-state index is 12.3. The molecule has 0 radical (unpaired) electrons. The van der Waals surface area contributed by atoms with Gasteiger partial charge in [-0.05, 0) is 43.2 Å². The number of aryl methyl sites for hydroxylation is 2. The fourth-order valence-corrected chi connectivity index (χ4v) is 3.15. The monoisotopic (exact) mass is 379 g/mol. The first kappa shape index (κ1) is 19.6. The summed E-state index contributed by atoms with van der Waals surface area (Å²) in [5.41, 5.74) is 2.69. The summed E-state index contributed by atoms with van der Waals surface area (Å²) < 4.78 is 7.40. The molecule has 0 atom stereocenters. The lowest BCUT2D eigenvalue weighted by molar-refractivity contribution is -0.123. The van der Waals surface area contributed by atoms with Crippen molar-refractivity contribution >= 4 is 16.8 Å². The molecule has 2 aromatic heterocycles. The van der Waals surface area contributed by atoms with Crippen molar-refractivity contribution in [2.45, 2.75) is 33.2 Å². The second-order valence-corrected chi connectivity index (χ2v) is 6.71. The molecule has 1 aromatic carbocycles. The van der Waals surface area contributed by atoms with Gasteiger partial charge in [0.25, 0.3) is 11.5 Å². The van der Waals surface area contributed by atoms with Crippen LogP contribution in [-0.2, 0) is 17.8 Å². The molecule has 6 heteroatoms. The van der Waals surface area contributed by atoms with Crippen molar-refractivity contribution in [1.82, 2.24) is 14.9 Å². The highest BCUT2D eigenvalue weighted by Crippen LogP contribution is 2.22. The van der Waals surface area contributed by atoms with E-state index in [0.717, 1.165) is 28.6 Å². The summed E-state index contributed by atoms with van der Waals surface area (Å²) in [6, 6.07) is 13.0. The minimum absolute atomic E-state index is 0.0173. The number of aromatic nitrogens is 2. The van der Waals surface area contributed by atoms with Crippen LogP contribution in [0.25, 0.3) is 10.9 Å². The number of benzene rings is 1. The molecule has 0 saturated heterocycles. The Morgan fingerprint density at radius 2 is 2.07 bits per heavy atom. The number of carbonyl (C=O) groups excluding carboxylic acids is 1. The van der Waals surface area contributed by atoms with Gasteiger partial charge in [-0.2, -0.15) is 0 Å². The normalized spacial score (nSPS) is 10.8. The van der Waals surface area contributed by atoms with Gasteiger partial charge in [0.1, 0.15) is 5.75 Å². The molecule has 28 heavy (non-hydrogen) atoms. The third-order valence-electron chi connectivity index (χ3n) is 4.54. The Bertz CT molecular complexity index is 1010. The fourth-order valence-electron chi connectivity index (χ4n) is 3.15. The third kappa shape index (κ3) is 4.76. The van der Waals surface area contributed by atoms with E-state index in [2.05, 4.69) is 10.3 Å². The molecule has 0 aliphatic rings. The first-order valence-corrected chi connectivity index (χ1v) is 9.52. The Labute approximate surface area is 164 Å². The van der Waals surface area contributed by atoms with Gasteiger partial charge in [-0.25, -0.2) is 0 Å². The van der Waals surface area contributed by atoms with Crippen molar-refractivity contribution in [3.8, 4) is 5.75 Å². The van der Waals surface area contributed by atoms with Gasteiger partial charge in [0, 0.05) is 48.9 Å². The summed E-state index contributed by atoms with van der Waals surface area (Å²) in [4.78, 5) is 28.6. The predicted octanol–water partition coefficient (Wildman–Crippen LogP) is 2.85. The van der Waals surface area contributed by atoms with Crippen molar-refractivity contribution < 1.29 is 9.53 Å². The number of nitrogens with one attached hydrogen (secondary N) is 1. The van der Waals surface area contributed by atoms with Crippen molar-refractivity contribution in [2.75, 3.05) is 13.2 Å². The van der Waals surface area contributed by atoms with E-state index >= 15 is 0 Å². The maximum absolute atomic E-state index is 12.3. The van der Waals surface area contributed by atoms with E-state index in [1.165, 1.54) is 0 Å². The zero-order valence-corrected chi connectivity index (χ0v) is 16.3. The lowest BCUT2D eigenvalue weighted by atomic mass is 10.1. The molecule has 0 unspecified atom stereocenters. The van der Waals surface area contributed by atoms with Crippen LogP contribution < -0.4 is 15.6 Å². The molecule has 0 bridgehead atoms. The number of hydrogen-bond acceptors (Lipinski definition) is 4. The summed E-state index contributed by atoms with van der Waals surface area (Å²) in [6.45, 7) is 5.04. The van der Waals surface area contributed by atoms with Gasteiger partial charge >= 0.3 is 0 Å². The topological polar surface area (TPSA) is 73.2 Å². The zero-order valence-electron chi connectivity index (χ0n) is 16.3. The smallest absolute Gasteiger partial charge is 0.257 e. The van der Waals surface area contributed by atoms with Gasteiger partial charge in [-0.15, -0.1) is 0 Å². The highest BCUT2D eigenvalue weighted by Gasteiger charge is 2.09. The van der Waals surface area contributed by atoms with Gasteiger partial charge < -0.3 is 14.6 Å². The van der Waals surface area contributed by atoms with Crippen LogP contribution in [-0.4, -0.2) is 28.6 Å². The highest BCUT2D eigenvalue weighted by atomic mass is 16.5. The molecule has 1 N–H and O–H groups in total. The second-order valence-electron chi connectivity index (χ2n) is 6.71. The van der Waals surface area contributed by atoms with Gasteiger partial charge in [-0.1, -0.05) is 13.0 Å². The van der Waals surface area contributed by atoms with Crippen LogP contribution in [0.5, 0.6) is 5.75 Å². The maximum Gasteiger partial charge on any atom is 0.257 e. The zero-order chi connectivity index (χ0) is 19.9. The molecule has 3 aromatic rings. The lowest BCUT2D eigenvalue weighted by Crippen LogP contribution is -2.30. The van der Waals surface area contributed by atoms with Crippen molar-refractivity contribution in [1.29, 1.82) is 0 Å². The number of pyridine rings is 2. The number of ether oxygens (including phenoxy) is 1. The standard InChI is InChI=1S/C22H25N3O3/c1-3-12-25-20-14-18(7-8-19(20)16(2)13-22(25)27)28-15-21(26)24-11-9-17-6-4-5-10-23-17/h4-8,10,13-14H,3,9,11-12,15H2,1-2H3,(H,24,26). The SMILES string of the molecule is CCCn1c(=O)cc(C)c2ccc(OCC(=O)NCCc3ccccn3)cc21. The van der Waals surface area contributed by atoms with E-state index in [1.54, 1.807) is 16.8 Å². The van der Waals surface area contributed by atoms with Crippen LogP contribution in [0.1, 0.15) is 24.6 Å². The van der Waals surface area contributed by atoms with Crippen LogP contribution in [0.15, 0.2) is 53.5 Å². The van der Waals surface area contributed by atoms with E-state index in [0.29, 0.717) is 25.3 Å². The Hall–Kier alpha value is -3.15. The number of carbonyl (C=O) groups is 1. The molecule has 6 nitrogen and oxygen atoms in total. The number of amides is 1. The van der Waals surface area contributed by atoms with Crippen LogP contribution in [0.4, 0.5) is 0 Å². The highest BCUT2D eigenvalue weighted by molar-refractivity contribution is 5.84. The Morgan fingerprint density at radius 3 is 2.82 bits per heavy atom. The molecule has 0 aliphatic carbocycles. The van der Waals surface area contributed by atoms with Crippen LogP contribution in [0, 0.1) is 6.92 Å². The molecule has 1 amide bonds. The largest absolute Gasteiger partial charge is 0.484 e. The van der Waals surface area contributed by atoms with E-state index in [-0.39, 0.29) is 18.1 Å². The molecular formula is C22H25N3O3. The van der Waals surface area contributed by atoms with Crippen LogP contribution >= 0.6 is 0 Å². The molecule has 0 aliphatic heterocycles. The van der Waals surface area contributed by atoms with Crippen molar-refractivity contribution in [2.24, 2.45) is 0 Å². The van der Waals surface area contributed by atoms with Gasteiger partial charge in [-0.3, -0.25) is 14.6 Å². The molecule has 0 fully saturated rings.